The van der Waals surface area contributed by atoms with Gasteiger partial charge in [0.05, 0.1) is 11.9 Å². The van der Waals surface area contributed by atoms with Crippen LogP contribution < -0.4 is 10.2 Å². The second kappa shape index (κ2) is 7.26. The first kappa shape index (κ1) is 14.8. The van der Waals surface area contributed by atoms with Crippen LogP contribution in [-0.2, 0) is 6.54 Å². The van der Waals surface area contributed by atoms with E-state index in [1.165, 1.54) is 62.7 Å². The number of hydrogen-bond acceptors (Lipinski definition) is 3. The number of rotatable bonds is 5. The molecule has 0 unspecified atom stereocenters. The molecule has 3 rings (SSSR count). The predicted octanol–water partition coefficient (Wildman–Crippen LogP) is 3.74. The standard InChI is InChI=1S/C18H29N3/c1-2-10-19-13-16-9-11-20-14-18(16)21-12-5-7-15-6-3-4-8-17(15)21/h9,11,14-15,17,19H,2-8,10,12-13H2,1H3/t15-,17-/m1/s1. The Bertz CT molecular complexity index is 444. The Kier molecular flexibility index (Phi) is 5.13. The lowest BCUT2D eigenvalue weighted by molar-refractivity contribution is 0.243. The molecule has 116 valence electrons. The first-order valence-corrected chi connectivity index (χ1v) is 8.80. The molecule has 0 amide bonds. The van der Waals surface area contributed by atoms with Crippen molar-refractivity contribution in [3.05, 3.63) is 24.0 Å². The largest absolute Gasteiger partial charge is 0.367 e. The Morgan fingerprint density at radius 1 is 1.24 bits per heavy atom. The molecule has 0 bridgehead atoms. The first-order chi connectivity index (χ1) is 10.4. The Hall–Kier alpha value is -1.09. The Balaban J connectivity index is 1.78. The van der Waals surface area contributed by atoms with Crippen LogP contribution in [0, 0.1) is 5.92 Å². The SMILES string of the molecule is CCCNCc1ccncc1N1CCC[C@H]2CCCC[C@H]21. The van der Waals surface area contributed by atoms with Crippen molar-refractivity contribution in [1.82, 2.24) is 10.3 Å². The molecule has 1 aliphatic carbocycles. The summed E-state index contributed by atoms with van der Waals surface area (Å²) in [6, 6.07) is 2.96. The molecule has 0 aromatic carbocycles. The molecule has 2 heterocycles. The smallest absolute Gasteiger partial charge is 0.0600 e. The van der Waals surface area contributed by atoms with Gasteiger partial charge in [-0.2, -0.15) is 0 Å². The summed E-state index contributed by atoms with van der Waals surface area (Å²) in [5, 5.41) is 3.55. The number of nitrogens with zero attached hydrogens (tertiary/aromatic N) is 2. The van der Waals surface area contributed by atoms with E-state index in [4.69, 9.17) is 0 Å². The molecular formula is C18H29N3. The van der Waals surface area contributed by atoms with Crippen LogP contribution in [0.25, 0.3) is 0 Å². The van der Waals surface area contributed by atoms with Gasteiger partial charge in [0.2, 0.25) is 0 Å². The maximum atomic E-state index is 4.42. The highest BCUT2D eigenvalue weighted by atomic mass is 15.2. The number of fused-ring (bicyclic) bond motifs is 1. The minimum atomic E-state index is 0.765. The molecule has 1 N–H and O–H groups in total. The summed E-state index contributed by atoms with van der Waals surface area (Å²) < 4.78 is 0. The molecule has 0 radical (unpaired) electrons. The van der Waals surface area contributed by atoms with Crippen molar-refractivity contribution < 1.29 is 0 Å². The molecule has 3 heteroatoms. The fraction of sp³-hybridized carbons (Fsp3) is 0.722. The lowest BCUT2D eigenvalue weighted by atomic mass is 9.78. The molecular weight excluding hydrogens is 258 g/mol. The molecule has 21 heavy (non-hydrogen) atoms. The highest BCUT2D eigenvalue weighted by Crippen LogP contribution is 2.38. The second-order valence-electron chi connectivity index (χ2n) is 6.63. The molecule has 2 atom stereocenters. The number of pyridine rings is 1. The van der Waals surface area contributed by atoms with Crippen LogP contribution in [0.5, 0.6) is 0 Å². The van der Waals surface area contributed by atoms with E-state index >= 15 is 0 Å². The second-order valence-corrected chi connectivity index (χ2v) is 6.63. The number of piperidine rings is 1. The van der Waals surface area contributed by atoms with Gasteiger partial charge in [-0.3, -0.25) is 4.98 Å². The summed E-state index contributed by atoms with van der Waals surface area (Å²) >= 11 is 0. The quantitative estimate of drug-likeness (QED) is 0.836. The monoisotopic (exact) mass is 287 g/mol. The predicted molar refractivity (Wildman–Crippen MR) is 88.6 cm³/mol. The van der Waals surface area contributed by atoms with Gasteiger partial charge in [0, 0.05) is 25.3 Å². The molecule has 3 nitrogen and oxygen atoms in total. The fourth-order valence-corrected chi connectivity index (χ4v) is 4.15. The van der Waals surface area contributed by atoms with Crippen molar-refractivity contribution in [3.63, 3.8) is 0 Å². The van der Waals surface area contributed by atoms with E-state index in [9.17, 15) is 0 Å². The van der Waals surface area contributed by atoms with Gasteiger partial charge in [0.15, 0.2) is 0 Å². The van der Waals surface area contributed by atoms with Crippen LogP contribution in [0.1, 0.15) is 57.4 Å². The summed E-state index contributed by atoms with van der Waals surface area (Å²) in [5.74, 6) is 0.921. The zero-order valence-corrected chi connectivity index (χ0v) is 13.4. The van der Waals surface area contributed by atoms with Gasteiger partial charge in [-0.25, -0.2) is 0 Å². The average Bonchev–Trinajstić information content (AvgIpc) is 2.55. The molecule has 2 aliphatic rings. The third-order valence-electron chi connectivity index (χ3n) is 5.18. The fourth-order valence-electron chi connectivity index (χ4n) is 4.15. The van der Waals surface area contributed by atoms with E-state index in [1.807, 2.05) is 6.20 Å². The summed E-state index contributed by atoms with van der Waals surface area (Å²) in [6.45, 7) is 5.50. The molecule has 1 aromatic heterocycles. The van der Waals surface area contributed by atoms with E-state index < -0.39 is 0 Å². The molecule has 1 aromatic rings. The van der Waals surface area contributed by atoms with Crippen LogP contribution in [0.3, 0.4) is 0 Å². The van der Waals surface area contributed by atoms with Crippen molar-refractivity contribution in [2.24, 2.45) is 5.92 Å². The van der Waals surface area contributed by atoms with Gasteiger partial charge in [-0.05, 0) is 56.2 Å². The minimum absolute atomic E-state index is 0.765. The number of hydrogen-bond donors (Lipinski definition) is 1. The lowest BCUT2D eigenvalue weighted by Crippen LogP contribution is -2.47. The highest BCUT2D eigenvalue weighted by molar-refractivity contribution is 5.53. The van der Waals surface area contributed by atoms with Gasteiger partial charge in [-0.1, -0.05) is 19.8 Å². The molecule has 1 saturated carbocycles. The number of aromatic nitrogens is 1. The van der Waals surface area contributed by atoms with Crippen LogP contribution in [0.2, 0.25) is 0 Å². The molecule has 2 fully saturated rings. The van der Waals surface area contributed by atoms with E-state index in [0.717, 1.165) is 25.0 Å². The number of anilines is 1. The minimum Gasteiger partial charge on any atom is -0.367 e. The Morgan fingerprint density at radius 2 is 2.10 bits per heavy atom. The van der Waals surface area contributed by atoms with Gasteiger partial charge in [-0.15, -0.1) is 0 Å². The zero-order chi connectivity index (χ0) is 14.5. The van der Waals surface area contributed by atoms with Gasteiger partial charge in [0.25, 0.3) is 0 Å². The van der Waals surface area contributed by atoms with E-state index in [0.29, 0.717) is 0 Å². The summed E-state index contributed by atoms with van der Waals surface area (Å²) in [4.78, 5) is 7.10. The first-order valence-electron chi connectivity index (χ1n) is 8.80. The summed E-state index contributed by atoms with van der Waals surface area (Å²) in [5.41, 5.74) is 2.81. The van der Waals surface area contributed by atoms with E-state index in [2.05, 4.69) is 34.4 Å². The Labute approximate surface area is 129 Å². The topological polar surface area (TPSA) is 28.2 Å². The maximum absolute atomic E-state index is 4.42. The summed E-state index contributed by atoms with van der Waals surface area (Å²) in [6.07, 6.45) is 13.7. The van der Waals surface area contributed by atoms with Crippen molar-refractivity contribution in [1.29, 1.82) is 0 Å². The van der Waals surface area contributed by atoms with E-state index in [1.54, 1.807) is 0 Å². The lowest BCUT2D eigenvalue weighted by Gasteiger charge is -2.46. The van der Waals surface area contributed by atoms with Crippen molar-refractivity contribution in [2.45, 2.75) is 64.5 Å². The third kappa shape index (κ3) is 3.39. The third-order valence-corrected chi connectivity index (χ3v) is 5.18. The zero-order valence-electron chi connectivity index (χ0n) is 13.4. The Morgan fingerprint density at radius 3 is 3.00 bits per heavy atom. The van der Waals surface area contributed by atoms with Crippen LogP contribution in [0.15, 0.2) is 18.5 Å². The number of nitrogens with one attached hydrogen (secondary N) is 1. The molecule has 0 spiro atoms. The van der Waals surface area contributed by atoms with Gasteiger partial charge < -0.3 is 10.2 Å². The summed E-state index contributed by atoms with van der Waals surface area (Å²) in [7, 11) is 0. The molecule has 1 aliphatic heterocycles. The van der Waals surface area contributed by atoms with Crippen LogP contribution in [0.4, 0.5) is 5.69 Å². The van der Waals surface area contributed by atoms with Crippen LogP contribution >= 0.6 is 0 Å². The highest BCUT2D eigenvalue weighted by Gasteiger charge is 2.34. The van der Waals surface area contributed by atoms with Crippen molar-refractivity contribution in [3.8, 4) is 0 Å². The average molecular weight is 287 g/mol. The van der Waals surface area contributed by atoms with Crippen LogP contribution in [-0.4, -0.2) is 24.1 Å². The van der Waals surface area contributed by atoms with Crippen molar-refractivity contribution in [2.75, 3.05) is 18.0 Å². The van der Waals surface area contributed by atoms with Gasteiger partial charge >= 0.3 is 0 Å². The normalized spacial score (nSPS) is 25.7. The van der Waals surface area contributed by atoms with Gasteiger partial charge in [0.1, 0.15) is 0 Å². The van der Waals surface area contributed by atoms with Crippen molar-refractivity contribution >= 4 is 5.69 Å². The maximum Gasteiger partial charge on any atom is 0.0600 e. The molecule has 1 saturated heterocycles. The van der Waals surface area contributed by atoms with E-state index in [-0.39, 0.29) is 0 Å².